The Morgan fingerprint density at radius 2 is 1.24 bits per heavy atom. The lowest BCUT2D eigenvalue weighted by Gasteiger charge is -2.21. The van der Waals surface area contributed by atoms with E-state index in [-0.39, 0.29) is 15.2 Å². The van der Waals surface area contributed by atoms with E-state index < -0.39 is 23.8 Å². The molecule has 0 spiro atoms. The average molecular weight is 503 g/mol. The standard InChI is InChI=1S/C24H23ClN2O4S2/c1-26(2)20-11-7-10-19-18(20)13-15-22(24(19)33(25,30)31)32(28,29)23-17-9-6-5-8-16(17)12-14-21(23)27(3)4/h5-15H,1-4H3. The fourth-order valence-electron chi connectivity index (χ4n) is 4.12. The van der Waals surface area contributed by atoms with Gasteiger partial charge >= 0.3 is 0 Å². The number of benzene rings is 4. The summed E-state index contributed by atoms with van der Waals surface area (Å²) in [6, 6.07) is 18.7. The van der Waals surface area contributed by atoms with Crippen LogP contribution in [-0.4, -0.2) is 45.0 Å². The number of hydrogen-bond acceptors (Lipinski definition) is 6. The Hall–Kier alpha value is -2.81. The van der Waals surface area contributed by atoms with Gasteiger partial charge in [-0.05, 0) is 23.6 Å². The quantitative estimate of drug-likeness (QED) is 0.362. The Labute approximate surface area is 198 Å². The topological polar surface area (TPSA) is 74.8 Å². The molecule has 0 fully saturated rings. The second kappa shape index (κ2) is 8.20. The van der Waals surface area contributed by atoms with Crippen molar-refractivity contribution in [3.05, 3.63) is 66.7 Å². The lowest BCUT2D eigenvalue weighted by Crippen LogP contribution is -2.16. The lowest BCUT2D eigenvalue weighted by atomic mass is 10.1. The summed E-state index contributed by atoms with van der Waals surface area (Å²) < 4.78 is 53.9. The molecular weight excluding hydrogens is 480 g/mol. The molecule has 4 aromatic rings. The first kappa shape index (κ1) is 23.4. The largest absolute Gasteiger partial charge is 0.377 e. The van der Waals surface area contributed by atoms with Crippen LogP contribution in [0.2, 0.25) is 0 Å². The number of anilines is 2. The lowest BCUT2D eigenvalue weighted by molar-refractivity contribution is 0.589. The Morgan fingerprint density at radius 3 is 1.88 bits per heavy atom. The van der Waals surface area contributed by atoms with Gasteiger partial charge in [0.05, 0.1) is 10.6 Å². The molecule has 0 radical (unpaired) electrons. The van der Waals surface area contributed by atoms with E-state index in [0.29, 0.717) is 16.5 Å². The SMILES string of the molecule is CN(C)c1ccc2ccccc2c1S(=O)(=O)c1ccc2c(N(C)C)cccc2c1S(=O)(=O)Cl. The van der Waals surface area contributed by atoms with Crippen LogP contribution in [0.3, 0.4) is 0 Å². The fourth-order valence-corrected chi connectivity index (χ4v) is 7.99. The van der Waals surface area contributed by atoms with Crippen LogP contribution in [0.1, 0.15) is 0 Å². The van der Waals surface area contributed by atoms with Crippen molar-refractivity contribution in [3.63, 3.8) is 0 Å². The molecule has 0 N–H and O–H groups in total. The molecule has 0 unspecified atom stereocenters. The third-order valence-corrected chi connectivity index (χ3v) is 8.98. The molecule has 0 aliphatic rings. The van der Waals surface area contributed by atoms with Crippen molar-refractivity contribution < 1.29 is 16.8 Å². The minimum absolute atomic E-state index is 0.0373. The highest BCUT2D eigenvalue weighted by Crippen LogP contribution is 2.42. The van der Waals surface area contributed by atoms with Gasteiger partial charge in [-0.25, -0.2) is 16.8 Å². The third-order valence-electron chi connectivity index (χ3n) is 5.58. The molecule has 0 amide bonds. The molecule has 0 saturated heterocycles. The van der Waals surface area contributed by atoms with Gasteiger partial charge in [0.25, 0.3) is 9.05 Å². The molecule has 0 aliphatic heterocycles. The van der Waals surface area contributed by atoms with Crippen molar-refractivity contribution in [1.29, 1.82) is 0 Å². The molecule has 0 bridgehead atoms. The number of fused-ring (bicyclic) bond motifs is 2. The zero-order valence-corrected chi connectivity index (χ0v) is 21.0. The van der Waals surface area contributed by atoms with Crippen molar-refractivity contribution >= 4 is 62.5 Å². The zero-order chi connectivity index (χ0) is 24.1. The Morgan fingerprint density at radius 1 is 0.606 bits per heavy atom. The second-order valence-corrected chi connectivity index (χ2v) is 12.5. The summed E-state index contributed by atoms with van der Waals surface area (Å²) in [4.78, 5) is 2.80. The van der Waals surface area contributed by atoms with Gasteiger partial charge in [0.2, 0.25) is 9.84 Å². The molecule has 4 rings (SSSR count). The molecule has 0 aliphatic carbocycles. The summed E-state index contributed by atoms with van der Waals surface area (Å²) in [7, 11) is 4.29. The van der Waals surface area contributed by atoms with Crippen LogP contribution in [0.5, 0.6) is 0 Å². The Balaban J connectivity index is 2.18. The highest BCUT2D eigenvalue weighted by molar-refractivity contribution is 8.14. The van der Waals surface area contributed by atoms with Crippen molar-refractivity contribution in [3.8, 4) is 0 Å². The molecule has 0 saturated carbocycles. The van der Waals surface area contributed by atoms with Gasteiger partial charge in [-0.1, -0.05) is 48.5 Å². The van der Waals surface area contributed by atoms with E-state index in [4.69, 9.17) is 10.7 Å². The first-order valence-electron chi connectivity index (χ1n) is 10.1. The van der Waals surface area contributed by atoms with E-state index in [0.717, 1.165) is 11.1 Å². The highest BCUT2D eigenvalue weighted by Gasteiger charge is 2.32. The maximum absolute atomic E-state index is 14.1. The van der Waals surface area contributed by atoms with Crippen LogP contribution in [0.4, 0.5) is 11.4 Å². The van der Waals surface area contributed by atoms with Crippen molar-refractivity contribution in [2.45, 2.75) is 14.7 Å². The van der Waals surface area contributed by atoms with Crippen LogP contribution in [0.15, 0.2) is 81.4 Å². The molecule has 0 heterocycles. The predicted octanol–water partition coefficient (Wildman–Crippen LogP) is 4.89. The van der Waals surface area contributed by atoms with Crippen molar-refractivity contribution in [1.82, 2.24) is 0 Å². The minimum Gasteiger partial charge on any atom is -0.377 e. The van der Waals surface area contributed by atoms with Gasteiger partial charge in [0, 0.05) is 60.7 Å². The summed E-state index contributed by atoms with van der Waals surface area (Å²) in [6.45, 7) is 0. The van der Waals surface area contributed by atoms with Crippen LogP contribution >= 0.6 is 10.7 Å². The number of hydrogen-bond donors (Lipinski definition) is 0. The molecule has 172 valence electrons. The van der Waals surface area contributed by atoms with Crippen LogP contribution in [-0.2, 0) is 18.9 Å². The van der Waals surface area contributed by atoms with E-state index in [1.807, 2.05) is 43.3 Å². The molecular formula is C24H23ClN2O4S2. The van der Waals surface area contributed by atoms with Crippen LogP contribution < -0.4 is 9.80 Å². The normalized spacial score (nSPS) is 12.3. The summed E-state index contributed by atoms with van der Waals surface area (Å²) in [5.41, 5.74) is 1.20. The molecule has 6 nitrogen and oxygen atoms in total. The highest BCUT2D eigenvalue weighted by atomic mass is 35.7. The zero-order valence-electron chi connectivity index (χ0n) is 18.6. The molecule has 4 aromatic carbocycles. The van der Waals surface area contributed by atoms with Gasteiger partial charge in [0.1, 0.15) is 9.79 Å². The van der Waals surface area contributed by atoms with Crippen molar-refractivity contribution in [2.24, 2.45) is 0 Å². The Bertz CT molecular complexity index is 1610. The average Bonchev–Trinajstić information content (AvgIpc) is 2.75. The van der Waals surface area contributed by atoms with E-state index in [9.17, 15) is 16.8 Å². The molecule has 0 atom stereocenters. The number of rotatable bonds is 5. The van der Waals surface area contributed by atoms with Gasteiger partial charge in [-0.15, -0.1) is 0 Å². The summed E-state index contributed by atoms with van der Waals surface area (Å²) in [5, 5.41) is 2.08. The summed E-state index contributed by atoms with van der Waals surface area (Å²) in [5.74, 6) is 0. The van der Waals surface area contributed by atoms with E-state index >= 15 is 0 Å². The molecule has 33 heavy (non-hydrogen) atoms. The van der Waals surface area contributed by atoms with E-state index in [1.165, 1.54) is 6.07 Å². The van der Waals surface area contributed by atoms with Crippen LogP contribution in [0, 0.1) is 0 Å². The maximum Gasteiger partial charge on any atom is 0.263 e. The van der Waals surface area contributed by atoms with Crippen molar-refractivity contribution in [2.75, 3.05) is 38.0 Å². The van der Waals surface area contributed by atoms with Gasteiger partial charge in [-0.3, -0.25) is 0 Å². The fraction of sp³-hybridized carbons (Fsp3) is 0.167. The van der Waals surface area contributed by atoms with E-state index in [2.05, 4.69) is 0 Å². The summed E-state index contributed by atoms with van der Waals surface area (Å²) >= 11 is 0. The first-order valence-corrected chi connectivity index (χ1v) is 13.9. The van der Waals surface area contributed by atoms with Gasteiger partial charge < -0.3 is 9.80 Å². The summed E-state index contributed by atoms with van der Waals surface area (Å²) in [6.07, 6.45) is 0. The number of nitrogens with zero attached hydrogens (tertiary/aromatic N) is 2. The smallest absolute Gasteiger partial charge is 0.263 e. The van der Waals surface area contributed by atoms with Crippen LogP contribution in [0.25, 0.3) is 21.5 Å². The second-order valence-electron chi connectivity index (χ2n) is 8.13. The predicted molar refractivity (Wildman–Crippen MR) is 135 cm³/mol. The number of sulfone groups is 1. The molecule has 0 aromatic heterocycles. The Kier molecular flexibility index (Phi) is 5.80. The number of halogens is 1. The third kappa shape index (κ3) is 3.92. The van der Waals surface area contributed by atoms with Gasteiger partial charge in [-0.2, -0.15) is 0 Å². The monoisotopic (exact) mass is 502 g/mol. The minimum atomic E-state index is -4.42. The maximum atomic E-state index is 14.1. The molecule has 9 heteroatoms. The first-order chi connectivity index (χ1) is 15.4. The van der Waals surface area contributed by atoms with Gasteiger partial charge in [0.15, 0.2) is 0 Å². The van der Waals surface area contributed by atoms with E-state index in [1.54, 1.807) is 55.4 Å².